The summed E-state index contributed by atoms with van der Waals surface area (Å²) < 4.78 is 1.98. The van der Waals surface area contributed by atoms with Crippen LogP contribution in [0.2, 0.25) is 0 Å². The summed E-state index contributed by atoms with van der Waals surface area (Å²) >= 11 is 0. The van der Waals surface area contributed by atoms with Gasteiger partial charge in [-0.15, -0.1) is 0 Å². The van der Waals surface area contributed by atoms with Crippen molar-refractivity contribution in [2.75, 3.05) is 12.4 Å². The van der Waals surface area contributed by atoms with Gasteiger partial charge in [-0.25, -0.2) is 15.0 Å². The van der Waals surface area contributed by atoms with Gasteiger partial charge in [-0.2, -0.15) is 0 Å². The molecule has 4 heterocycles. The fourth-order valence-electron chi connectivity index (χ4n) is 3.86. The fourth-order valence-corrected chi connectivity index (χ4v) is 3.86. The van der Waals surface area contributed by atoms with Crippen LogP contribution in [-0.2, 0) is 18.4 Å². The second kappa shape index (κ2) is 7.63. The maximum absolute atomic E-state index is 12.3. The van der Waals surface area contributed by atoms with E-state index in [4.69, 9.17) is 4.98 Å². The highest BCUT2D eigenvalue weighted by molar-refractivity contribution is 6.02. The smallest absolute Gasteiger partial charge is 0.228 e. The Balaban J connectivity index is 1.58. The Morgan fingerprint density at radius 2 is 2.06 bits per heavy atom. The number of aromatic amines is 1. The molecular weight excluding hydrogens is 390 g/mol. The van der Waals surface area contributed by atoms with Gasteiger partial charge in [0.05, 0.1) is 22.6 Å². The number of fused-ring (bicyclic) bond motifs is 1. The van der Waals surface area contributed by atoms with Gasteiger partial charge in [-0.05, 0) is 50.6 Å². The molecule has 0 bridgehead atoms. The molecule has 0 spiro atoms. The van der Waals surface area contributed by atoms with E-state index in [0.29, 0.717) is 12.4 Å². The molecule has 4 aromatic heterocycles. The van der Waals surface area contributed by atoms with Crippen LogP contribution in [0.1, 0.15) is 24.1 Å². The van der Waals surface area contributed by atoms with Crippen molar-refractivity contribution in [2.45, 2.75) is 26.3 Å². The summed E-state index contributed by atoms with van der Waals surface area (Å²) in [5, 5.41) is 7.20. The number of carbonyl (C=O) groups is 1. The van der Waals surface area contributed by atoms with Crippen LogP contribution in [0.15, 0.2) is 36.7 Å². The lowest BCUT2D eigenvalue weighted by Gasteiger charge is -2.08. The molecule has 1 fully saturated rings. The van der Waals surface area contributed by atoms with E-state index in [-0.39, 0.29) is 11.8 Å². The molecule has 8 nitrogen and oxygen atoms in total. The van der Waals surface area contributed by atoms with Crippen molar-refractivity contribution < 1.29 is 4.79 Å². The fraction of sp³-hybridized carbons (Fsp3) is 0.304. The Hall–Kier alpha value is -3.52. The van der Waals surface area contributed by atoms with Crippen molar-refractivity contribution in [3.8, 4) is 22.9 Å². The lowest BCUT2D eigenvalue weighted by Crippen LogP contribution is -2.15. The minimum atomic E-state index is 0.0385. The zero-order valence-corrected chi connectivity index (χ0v) is 17.9. The van der Waals surface area contributed by atoms with Gasteiger partial charge in [-0.3, -0.25) is 4.79 Å². The van der Waals surface area contributed by atoms with E-state index in [1.165, 1.54) is 0 Å². The standard InChI is InChI=1S/C23H25N7O/c1-13-12-30(3)22(26-13)18-6-4-5-17(27-18)19-9-16-15(10-24-2)11-25-21(20(16)28-19)29-23(31)14-7-8-14/h4-6,9,11-12,14,24,28H,7-8,10H2,1-3H3,(H,25,29,31). The van der Waals surface area contributed by atoms with Gasteiger partial charge < -0.3 is 20.2 Å². The molecule has 1 amide bonds. The number of carbonyl (C=O) groups excluding carboxylic acids is 1. The molecule has 8 heteroatoms. The molecule has 3 N–H and O–H groups in total. The summed E-state index contributed by atoms with van der Waals surface area (Å²) in [6, 6.07) is 7.99. The molecule has 158 valence electrons. The Labute approximate surface area is 180 Å². The van der Waals surface area contributed by atoms with Gasteiger partial charge in [-0.1, -0.05) is 6.07 Å². The average Bonchev–Trinajstić information content (AvgIpc) is 3.42. The van der Waals surface area contributed by atoms with Crippen LogP contribution in [0.25, 0.3) is 33.8 Å². The number of aromatic nitrogens is 5. The third-order valence-electron chi connectivity index (χ3n) is 5.56. The molecule has 1 aliphatic carbocycles. The quantitative estimate of drug-likeness (QED) is 0.448. The Morgan fingerprint density at radius 3 is 2.77 bits per heavy atom. The SMILES string of the molecule is CNCc1cnc(NC(=O)C2CC2)c2[nH]c(-c3cccc(-c4nc(C)cn4C)n3)cc12. The molecule has 31 heavy (non-hydrogen) atoms. The van der Waals surface area contributed by atoms with Crippen molar-refractivity contribution in [3.05, 3.63) is 47.9 Å². The van der Waals surface area contributed by atoms with Crippen LogP contribution in [0.5, 0.6) is 0 Å². The zero-order chi connectivity index (χ0) is 21.5. The molecule has 0 radical (unpaired) electrons. The summed E-state index contributed by atoms with van der Waals surface area (Å²) in [4.78, 5) is 29.8. The Bertz CT molecular complexity index is 1280. The molecule has 0 aliphatic heterocycles. The molecule has 0 unspecified atom stereocenters. The molecule has 5 rings (SSSR count). The van der Waals surface area contributed by atoms with E-state index < -0.39 is 0 Å². The first-order valence-electron chi connectivity index (χ1n) is 10.5. The second-order valence-electron chi connectivity index (χ2n) is 8.12. The number of nitrogens with zero attached hydrogens (tertiary/aromatic N) is 4. The minimum Gasteiger partial charge on any atom is -0.350 e. The van der Waals surface area contributed by atoms with Gasteiger partial charge >= 0.3 is 0 Å². The number of nitrogens with one attached hydrogen (secondary N) is 3. The van der Waals surface area contributed by atoms with Gasteiger partial charge in [0.2, 0.25) is 5.91 Å². The number of H-pyrrole nitrogens is 1. The maximum Gasteiger partial charge on any atom is 0.228 e. The predicted octanol–water partition coefficient (Wildman–Crippen LogP) is 3.40. The summed E-state index contributed by atoms with van der Waals surface area (Å²) in [6.07, 6.45) is 5.70. The Morgan fingerprint density at radius 1 is 1.26 bits per heavy atom. The topological polar surface area (TPSA) is 101 Å². The highest BCUT2D eigenvalue weighted by Gasteiger charge is 2.30. The molecule has 0 aromatic carbocycles. The van der Waals surface area contributed by atoms with E-state index in [0.717, 1.165) is 57.9 Å². The number of imidazole rings is 1. The van der Waals surface area contributed by atoms with Crippen molar-refractivity contribution in [2.24, 2.45) is 13.0 Å². The lowest BCUT2D eigenvalue weighted by atomic mass is 10.1. The monoisotopic (exact) mass is 415 g/mol. The van der Waals surface area contributed by atoms with Crippen molar-refractivity contribution in [3.63, 3.8) is 0 Å². The van der Waals surface area contributed by atoms with E-state index in [1.54, 1.807) is 0 Å². The molecule has 0 atom stereocenters. The normalized spacial score (nSPS) is 13.6. The van der Waals surface area contributed by atoms with Crippen molar-refractivity contribution >= 4 is 22.6 Å². The molecule has 1 saturated carbocycles. The number of rotatable bonds is 6. The maximum atomic E-state index is 12.3. The first-order chi connectivity index (χ1) is 15.0. The van der Waals surface area contributed by atoms with E-state index >= 15 is 0 Å². The first-order valence-corrected chi connectivity index (χ1v) is 10.5. The second-order valence-corrected chi connectivity index (χ2v) is 8.12. The molecule has 0 saturated heterocycles. The summed E-state index contributed by atoms with van der Waals surface area (Å²) in [6.45, 7) is 2.65. The van der Waals surface area contributed by atoms with Gasteiger partial charge in [0.1, 0.15) is 5.69 Å². The van der Waals surface area contributed by atoms with E-state index in [9.17, 15) is 4.79 Å². The number of amides is 1. The van der Waals surface area contributed by atoms with Crippen LogP contribution in [0.3, 0.4) is 0 Å². The van der Waals surface area contributed by atoms with E-state index in [1.807, 2.05) is 56.2 Å². The predicted molar refractivity (Wildman–Crippen MR) is 120 cm³/mol. The number of aryl methyl sites for hydroxylation is 2. The van der Waals surface area contributed by atoms with Crippen molar-refractivity contribution in [1.82, 2.24) is 29.8 Å². The van der Waals surface area contributed by atoms with E-state index in [2.05, 4.69) is 31.7 Å². The third-order valence-corrected chi connectivity index (χ3v) is 5.56. The largest absolute Gasteiger partial charge is 0.350 e. The van der Waals surface area contributed by atoms with Crippen LogP contribution in [0, 0.1) is 12.8 Å². The van der Waals surface area contributed by atoms with Gasteiger partial charge in [0.15, 0.2) is 11.6 Å². The minimum absolute atomic E-state index is 0.0385. The average molecular weight is 416 g/mol. The lowest BCUT2D eigenvalue weighted by molar-refractivity contribution is -0.117. The molecule has 4 aromatic rings. The molecular formula is C23H25N7O. The van der Waals surface area contributed by atoms with Crippen LogP contribution in [-0.4, -0.2) is 37.5 Å². The van der Waals surface area contributed by atoms with Crippen LogP contribution >= 0.6 is 0 Å². The van der Waals surface area contributed by atoms with Crippen molar-refractivity contribution in [1.29, 1.82) is 0 Å². The highest BCUT2D eigenvalue weighted by Crippen LogP contribution is 2.33. The Kier molecular flexibility index (Phi) is 4.78. The van der Waals surface area contributed by atoms with Crippen LogP contribution in [0.4, 0.5) is 5.82 Å². The summed E-state index contributed by atoms with van der Waals surface area (Å²) in [5.41, 5.74) is 5.31. The highest BCUT2D eigenvalue weighted by atomic mass is 16.2. The third kappa shape index (κ3) is 3.70. The van der Waals surface area contributed by atoms with Gasteiger partial charge in [0.25, 0.3) is 0 Å². The number of anilines is 1. The van der Waals surface area contributed by atoms with Crippen LogP contribution < -0.4 is 10.6 Å². The number of pyridine rings is 2. The first kappa shape index (κ1) is 19.4. The zero-order valence-electron chi connectivity index (χ0n) is 17.9. The number of hydrogen-bond donors (Lipinski definition) is 3. The van der Waals surface area contributed by atoms with Gasteiger partial charge in [0, 0.05) is 37.3 Å². The molecule has 1 aliphatic rings. The number of hydrogen-bond acceptors (Lipinski definition) is 5. The summed E-state index contributed by atoms with van der Waals surface area (Å²) in [5.74, 6) is 1.54. The summed E-state index contributed by atoms with van der Waals surface area (Å²) in [7, 11) is 3.87.